The molecule has 0 spiro atoms. The van der Waals surface area contributed by atoms with Crippen LogP contribution in [0, 0.1) is 0 Å². The summed E-state index contributed by atoms with van der Waals surface area (Å²) in [6.45, 7) is 2.05. The topological polar surface area (TPSA) is 12.0 Å². The van der Waals surface area contributed by atoms with Crippen LogP contribution in [0.3, 0.4) is 0 Å². The van der Waals surface area contributed by atoms with Gasteiger partial charge in [0.1, 0.15) is 0 Å². The van der Waals surface area contributed by atoms with E-state index in [0.29, 0.717) is 6.04 Å². The minimum Gasteiger partial charge on any atom is -0.314 e. The number of alkyl halides is 2. The summed E-state index contributed by atoms with van der Waals surface area (Å²) in [5, 5.41) is 3.42. The molecule has 0 saturated carbocycles. The lowest BCUT2D eigenvalue weighted by Crippen LogP contribution is -2.23. The van der Waals surface area contributed by atoms with E-state index in [1.54, 1.807) is 6.07 Å². The summed E-state index contributed by atoms with van der Waals surface area (Å²) in [6.07, 6.45) is 3.19. The van der Waals surface area contributed by atoms with E-state index in [1.807, 2.05) is 18.2 Å². The second-order valence-corrected chi connectivity index (χ2v) is 5.06. The zero-order valence-corrected chi connectivity index (χ0v) is 10.2. The molecule has 0 bridgehead atoms. The van der Waals surface area contributed by atoms with Crippen molar-refractivity contribution in [3.8, 4) is 0 Å². The highest BCUT2D eigenvalue weighted by molar-refractivity contribution is 5.25. The van der Waals surface area contributed by atoms with Gasteiger partial charge in [-0.3, -0.25) is 0 Å². The fourth-order valence-corrected chi connectivity index (χ4v) is 2.44. The normalized spacial score (nSPS) is 20.8. The molecule has 94 valence electrons. The van der Waals surface area contributed by atoms with Crippen molar-refractivity contribution in [3.05, 3.63) is 35.4 Å². The van der Waals surface area contributed by atoms with Gasteiger partial charge in [-0.05, 0) is 43.9 Å². The molecule has 1 saturated heterocycles. The Morgan fingerprint density at radius 2 is 2.12 bits per heavy atom. The van der Waals surface area contributed by atoms with Gasteiger partial charge in [-0.15, -0.1) is 0 Å². The Balaban J connectivity index is 2.00. The molecule has 1 nitrogen and oxygen atoms in total. The highest BCUT2D eigenvalue weighted by atomic mass is 19.3. The molecule has 1 heterocycles. The third-order valence-corrected chi connectivity index (χ3v) is 3.15. The molecule has 3 heteroatoms. The minimum atomic E-state index is -2.62. The third kappa shape index (κ3) is 4.08. The van der Waals surface area contributed by atoms with Crippen molar-refractivity contribution in [1.82, 2.24) is 5.32 Å². The van der Waals surface area contributed by atoms with E-state index in [2.05, 4.69) is 5.32 Å². The molecule has 1 aliphatic rings. The number of hydrogen-bond acceptors (Lipinski definition) is 1. The molecule has 1 atom stereocenters. The maximum atomic E-state index is 12.9. The zero-order chi connectivity index (χ0) is 12.3. The van der Waals surface area contributed by atoms with Gasteiger partial charge in [0, 0.05) is 12.5 Å². The first kappa shape index (κ1) is 12.5. The van der Waals surface area contributed by atoms with Crippen LogP contribution in [0.1, 0.15) is 30.9 Å². The fourth-order valence-electron chi connectivity index (χ4n) is 2.44. The Morgan fingerprint density at radius 3 is 2.76 bits per heavy atom. The molecule has 1 unspecified atom stereocenters. The van der Waals surface area contributed by atoms with Crippen LogP contribution in [0.4, 0.5) is 8.78 Å². The van der Waals surface area contributed by atoms with Gasteiger partial charge in [0.2, 0.25) is 5.92 Å². The average Bonchev–Trinajstić information content (AvgIpc) is 2.68. The van der Waals surface area contributed by atoms with Gasteiger partial charge in [-0.25, -0.2) is 8.78 Å². The van der Waals surface area contributed by atoms with E-state index in [0.717, 1.165) is 31.0 Å². The molecule has 0 aromatic heterocycles. The first-order valence-electron chi connectivity index (χ1n) is 6.22. The second-order valence-electron chi connectivity index (χ2n) is 5.06. The smallest absolute Gasteiger partial charge is 0.249 e. The fraction of sp³-hybridized carbons (Fsp3) is 0.571. The maximum absolute atomic E-state index is 12.9. The lowest BCUT2D eigenvalue weighted by molar-refractivity contribution is 0.0226. The maximum Gasteiger partial charge on any atom is 0.249 e. The highest BCUT2D eigenvalue weighted by Crippen LogP contribution is 2.20. The Kier molecular flexibility index (Phi) is 3.77. The largest absolute Gasteiger partial charge is 0.314 e. The van der Waals surface area contributed by atoms with Gasteiger partial charge in [-0.1, -0.05) is 24.3 Å². The Morgan fingerprint density at radius 1 is 1.35 bits per heavy atom. The van der Waals surface area contributed by atoms with Crippen LogP contribution in [0.5, 0.6) is 0 Å². The van der Waals surface area contributed by atoms with Crippen LogP contribution >= 0.6 is 0 Å². The summed E-state index contributed by atoms with van der Waals surface area (Å²) in [7, 11) is 0. The molecule has 0 amide bonds. The quantitative estimate of drug-likeness (QED) is 0.851. The van der Waals surface area contributed by atoms with Crippen LogP contribution in [0.15, 0.2) is 24.3 Å². The molecule has 0 radical (unpaired) electrons. The van der Waals surface area contributed by atoms with Crippen molar-refractivity contribution < 1.29 is 8.78 Å². The standard InChI is InChI=1S/C14H19F2N/c1-14(15,16)10-12-5-2-4-11(8-12)9-13-6-3-7-17-13/h2,4-5,8,13,17H,3,6-7,9-10H2,1H3. The first-order valence-corrected chi connectivity index (χ1v) is 6.22. The summed E-state index contributed by atoms with van der Waals surface area (Å²) < 4.78 is 25.9. The van der Waals surface area contributed by atoms with Crippen LogP contribution in [0.2, 0.25) is 0 Å². The molecule has 1 aromatic carbocycles. The van der Waals surface area contributed by atoms with Crippen LogP contribution in [0.25, 0.3) is 0 Å². The molecular formula is C14H19F2N. The highest BCUT2D eigenvalue weighted by Gasteiger charge is 2.22. The SMILES string of the molecule is CC(F)(F)Cc1cccc(CC2CCCN2)c1. The van der Waals surface area contributed by atoms with Crippen LogP contribution in [-0.2, 0) is 12.8 Å². The monoisotopic (exact) mass is 239 g/mol. The number of halogens is 2. The Bertz CT molecular complexity index is 365. The molecular weight excluding hydrogens is 220 g/mol. The van der Waals surface area contributed by atoms with Gasteiger partial charge in [0.25, 0.3) is 0 Å². The molecule has 17 heavy (non-hydrogen) atoms. The van der Waals surface area contributed by atoms with Crippen LogP contribution < -0.4 is 5.32 Å². The number of hydrogen-bond donors (Lipinski definition) is 1. The summed E-state index contributed by atoms with van der Waals surface area (Å²) in [4.78, 5) is 0. The van der Waals surface area contributed by atoms with Gasteiger partial charge in [0.05, 0.1) is 0 Å². The van der Waals surface area contributed by atoms with Crippen molar-refractivity contribution in [2.45, 2.75) is 44.6 Å². The summed E-state index contributed by atoms with van der Waals surface area (Å²) in [5.74, 6) is -2.62. The first-order chi connectivity index (χ1) is 8.03. The predicted octanol–water partition coefficient (Wildman–Crippen LogP) is 3.18. The minimum absolute atomic E-state index is 0.168. The van der Waals surface area contributed by atoms with Crippen molar-refractivity contribution in [2.75, 3.05) is 6.54 Å². The molecule has 1 N–H and O–H groups in total. The molecule has 2 rings (SSSR count). The van der Waals surface area contributed by atoms with Crippen molar-refractivity contribution in [1.29, 1.82) is 0 Å². The van der Waals surface area contributed by atoms with E-state index in [1.165, 1.54) is 12.8 Å². The van der Waals surface area contributed by atoms with Gasteiger partial charge >= 0.3 is 0 Å². The zero-order valence-electron chi connectivity index (χ0n) is 10.2. The Labute approximate surface area is 101 Å². The average molecular weight is 239 g/mol. The Hall–Kier alpha value is -0.960. The van der Waals surface area contributed by atoms with Crippen molar-refractivity contribution in [3.63, 3.8) is 0 Å². The van der Waals surface area contributed by atoms with E-state index in [4.69, 9.17) is 0 Å². The summed E-state index contributed by atoms with van der Waals surface area (Å²) >= 11 is 0. The number of benzene rings is 1. The summed E-state index contributed by atoms with van der Waals surface area (Å²) in [6, 6.07) is 8.12. The van der Waals surface area contributed by atoms with Crippen LogP contribution in [-0.4, -0.2) is 18.5 Å². The van der Waals surface area contributed by atoms with E-state index in [-0.39, 0.29) is 6.42 Å². The van der Waals surface area contributed by atoms with Gasteiger partial charge in [-0.2, -0.15) is 0 Å². The third-order valence-electron chi connectivity index (χ3n) is 3.15. The molecule has 0 aliphatic carbocycles. The molecule has 1 fully saturated rings. The molecule has 1 aliphatic heterocycles. The summed E-state index contributed by atoms with van der Waals surface area (Å²) in [5.41, 5.74) is 1.89. The van der Waals surface area contributed by atoms with Gasteiger partial charge in [0.15, 0.2) is 0 Å². The van der Waals surface area contributed by atoms with E-state index >= 15 is 0 Å². The lowest BCUT2D eigenvalue weighted by Gasteiger charge is -2.13. The van der Waals surface area contributed by atoms with E-state index in [9.17, 15) is 8.78 Å². The number of rotatable bonds is 4. The van der Waals surface area contributed by atoms with Gasteiger partial charge < -0.3 is 5.32 Å². The van der Waals surface area contributed by atoms with Crippen molar-refractivity contribution in [2.24, 2.45) is 0 Å². The number of nitrogens with one attached hydrogen (secondary N) is 1. The second kappa shape index (κ2) is 5.13. The lowest BCUT2D eigenvalue weighted by atomic mass is 10.00. The van der Waals surface area contributed by atoms with E-state index < -0.39 is 5.92 Å². The van der Waals surface area contributed by atoms with Crippen molar-refractivity contribution >= 4 is 0 Å². The predicted molar refractivity (Wildman–Crippen MR) is 65.5 cm³/mol. The molecule has 1 aromatic rings.